The standard InChI is InChI=1S/C37H23F12IN2O6/c1-58-25-5-13(4-24(50)29(25)53)26-20-2-3-21-27(32(56)51(30(21)54)18-8-14(34(38,39)40)6-15(9-18)35(41,42)43)22(20)12-23-28(26)33(57)52(31(23)55)19-10-16(36(44,45)46)7-17(11-19)37(47,48)49/h2,4-11,21-23,26-28,53H,3,12H2,1H3. The molecule has 1 saturated carbocycles. The molecule has 8 nitrogen and oxygen atoms in total. The predicted molar refractivity (Wildman–Crippen MR) is 183 cm³/mol. The van der Waals surface area contributed by atoms with E-state index in [-0.39, 0.29) is 78.8 Å². The van der Waals surface area contributed by atoms with Crippen LogP contribution in [0.25, 0.3) is 0 Å². The van der Waals surface area contributed by atoms with Gasteiger partial charge in [-0.2, -0.15) is 52.7 Å². The number of benzene rings is 3. The van der Waals surface area contributed by atoms with Crippen molar-refractivity contribution in [1.82, 2.24) is 0 Å². The molecule has 1 N–H and O–H groups in total. The van der Waals surface area contributed by atoms with Gasteiger partial charge in [-0.25, -0.2) is 9.80 Å². The number of aromatic hydroxyl groups is 1. The minimum Gasteiger partial charge on any atom is -0.504 e. The number of methoxy groups -OCH3 is 1. The van der Waals surface area contributed by atoms with Gasteiger partial charge in [-0.1, -0.05) is 11.6 Å². The number of phenols is 1. The Morgan fingerprint density at radius 3 is 1.47 bits per heavy atom. The van der Waals surface area contributed by atoms with Gasteiger partial charge in [0.15, 0.2) is 11.5 Å². The Hall–Kier alpha value is -4.83. The minimum absolute atomic E-state index is 0.115. The van der Waals surface area contributed by atoms with Crippen LogP contribution >= 0.6 is 22.6 Å². The maximum absolute atomic E-state index is 14.4. The normalized spacial score (nSPS) is 25.2. The van der Waals surface area contributed by atoms with E-state index in [1.54, 1.807) is 22.6 Å². The van der Waals surface area contributed by atoms with E-state index in [0.717, 1.165) is 0 Å². The summed E-state index contributed by atoms with van der Waals surface area (Å²) in [6, 6.07) is 2.96. The zero-order valence-corrected chi connectivity index (χ0v) is 31.0. The number of halogens is 13. The average Bonchev–Trinajstić information content (AvgIpc) is 3.53. The van der Waals surface area contributed by atoms with Gasteiger partial charge in [0.2, 0.25) is 23.6 Å². The van der Waals surface area contributed by atoms with Crippen LogP contribution in [0.2, 0.25) is 0 Å². The SMILES string of the molecule is COc1cc(C2C3=CCC4C(=O)N(c5cc(C(F)(F)F)cc(C(F)(F)F)c5)C(=O)C4C3CC3C(=O)N(c4cc(C(F)(F)F)cc(C(F)(F)F)c4)C(=O)C32)cc(I)c1O. The largest absolute Gasteiger partial charge is 0.504 e. The zero-order valence-electron chi connectivity index (χ0n) is 28.9. The van der Waals surface area contributed by atoms with Crippen molar-refractivity contribution in [1.29, 1.82) is 0 Å². The van der Waals surface area contributed by atoms with Crippen LogP contribution in [-0.4, -0.2) is 35.8 Å². The van der Waals surface area contributed by atoms with Crippen LogP contribution in [0.15, 0.2) is 60.2 Å². The average molecular weight is 946 g/mol. The molecule has 0 spiro atoms. The molecule has 0 radical (unpaired) electrons. The number of alkyl halides is 12. The third-order valence-electron chi connectivity index (χ3n) is 10.9. The summed E-state index contributed by atoms with van der Waals surface area (Å²) in [5, 5.41) is 10.6. The lowest BCUT2D eigenvalue weighted by atomic mass is 9.57. The summed E-state index contributed by atoms with van der Waals surface area (Å²) in [4.78, 5) is 57.0. The van der Waals surface area contributed by atoms with Crippen molar-refractivity contribution in [3.05, 3.63) is 91.6 Å². The van der Waals surface area contributed by atoms with Gasteiger partial charge >= 0.3 is 24.7 Å². The molecule has 7 rings (SSSR count). The van der Waals surface area contributed by atoms with Crippen molar-refractivity contribution in [2.45, 2.75) is 43.5 Å². The quantitative estimate of drug-likeness (QED) is 0.121. The molecule has 6 unspecified atom stereocenters. The molecule has 58 heavy (non-hydrogen) atoms. The first-order valence-electron chi connectivity index (χ1n) is 16.8. The van der Waals surface area contributed by atoms with Gasteiger partial charge in [-0.3, -0.25) is 19.2 Å². The molecule has 2 aliphatic heterocycles. The maximum atomic E-state index is 14.4. The van der Waals surface area contributed by atoms with Crippen molar-refractivity contribution < 1.29 is 81.7 Å². The fraction of sp³-hybridized carbons (Fsp3) is 0.351. The molecule has 0 bridgehead atoms. The molecule has 2 aliphatic carbocycles. The second kappa shape index (κ2) is 13.6. The molecule has 6 atom stereocenters. The lowest BCUT2D eigenvalue weighted by Crippen LogP contribution is -2.43. The van der Waals surface area contributed by atoms with E-state index in [0.29, 0.717) is 0 Å². The Morgan fingerprint density at radius 2 is 1.03 bits per heavy atom. The molecule has 2 saturated heterocycles. The molecule has 3 aromatic rings. The van der Waals surface area contributed by atoms with Crippen LogP contribution in [-0.2, 0) is 43.9 Å². The summed E-state index contributed by atoms with van der Waals surface area (Å²) in [7, 11) is 1.17. The first-order chi connectivity index (χ1) is 26.7. The van der Waals surface area contributed by atoms with Crippen molar-refractivity contribution in [3.8, 4) is 11.5 Å². The lowest BCUT2D eigenvalue weighted by molar-refractivity contribution is -0.144. The molecule has 3 aromatic carbocycles. The Morgan fingerprint density at radius 1 is 0.603 bits per heavy atom. The van der Waals surface area contributed by atoms with Crippen LogP contribution in [0.3, 0.4) is 0 Å². The van der Waals surface area contributed by atoms with E-state index >= 15 is 0 Å². The number of anilines is 2. The number of hydrogen-bond donors (Lipinski definition) is 1. The third-order valence-corrected chi connectivity index (χ3v) is 11.8. The number of fused-ring (bicyclic) bond motifs is 4. The van der Waals surface area contributed by atoms with Gasteiger partial charge in [-0.15, -0.1) is 0 Å². The van der Waals surface area contributed by atoms with Gasteiger partial charge in [-0.05, 0) is 95.4 Å². The number of imide groups is 2. The summed E-state index contributed by atoms with van der Waals surface area (Å²) in [6.45, 7) is 0. The number of amides is 4. The molecule has 2 heterocycles. The van der Waals surface area contributed by atoms with Crippen LogP contribution < -0.4 is 14.5 Å². The molecule has 21 heteroatoms. The first kappa shape index (κ1) is 41.3. The highest BCUT2D eigenvalue weighted by Gasteiger charge is 2.63. The minimum atomic E-state index is -5.37. The Labute approximate surface area is 331 Å². The fourth-order valence-corrected chi connectivity index (χ4v) is 9.16. The summed E-state index contributed by atoms with van der Waals surface area (Å²) in [5.74, 6) is -14.2. The Bertz CT molecular complexity index is 2250. The molecule has 4 amide bonds. The van der Waals surface area contributed by atoms with E-state index in [4.69, 9.17) is 4.74 Å². The van der Waals surface area contributed by atoms with E-state index in [1.165, 1.54) is 25.3 Å². The fourth-order valence-electron chi connectivity index (χ4n) is 8.54. The molecule has 4 aliphatic rings. The number of carbonyl (C=O) groups is 4. The van der Waals surface area contributed by atoms with E-state index in [9.17, 15) is 77.0 Å². The summed E-state index contributed by atoms with van der Waals surface area (Å²) in [6.07, 6.45) is -20.9. The first-order valence-corrected chi connectivity index (χ1v) is 17.9. The van der Waals surface area contributed by atoms with Crippen LogP contribution in [0.4, 0.5) is 64.1 Å². The molecule has 0 aromatic heterocycles. The van der Waals surface area contributed by atoms with Gasteiger partial charge in [0, 0.05) is 5.92 Å². The highest BCUT2D eigenvalue weighted by Crippen LogP contribution is 2.59. The Balaban J connectivity index is 1.37. The van der Waals surface area contributed by atoms with E-state index < -0.39 is 124 Å². The number of phenolic OH excluding ortho intramolecular Hbond substituents is 1. The lowest BCUT2D eigenvalue weighted by Gasteiger charge is -2.44. The summed E-state index contributed by atoms with van der Waals surface area (Å²) in [5.41, 5.74) is -9.12. The maximum Gasteiger partial charge on any atom is 0.416 e. The number of rotatable bonds is 4. The number of ether oxygens (including phenoxy) is 1. The highest BCUT2D eigenvalue weighted by atomic mass is 127. The predicted octanol–water partition coefficient (Wildman–Crippen LogP) is 9.13. The second-order valence-corrected chi connectivity index (χ2v) is 15.3. The van der Waals surface area contributed by atoms with Gasteiger partial charge in [0.05, 0.1) is 68.0 Å². The zero-order chi connectivity index (χ0) is 42.8. The monoisotopic (exact) mass is 946 g/mol. The van der Waals surface area contributed by atoms with Crippen LogP contribution in [0, 0.1) is 33.2 Å². The molecular formula is C37H23F12IN2O6. The Kier molecular flexibility index (Phi) is 9.70. The number of hydrogen-bond acceptors (Lipinski definition) is 6. The number of allylic oxidation sites excluding steroid dienone is 2. The van der Waals surface area contributed by atoms with Gasteiger partial charge < -0.3 is 9.84 Å². The number of nitrogens with zero attached hydrogens (tertiary/aromatic N) is 2. The van der Waals surface area contributed by atoms with Crippen LogP contribution in [0.1, 0.15) is 46.6 Å². The van der Waals surface area contributed by atoms with Crippen molar-refractivity contribution in [3.63, 3.8) is 0 Å². The number of carbonyl (C=O) groups excluding carboxylic acids is 4. The highest BCUT2D eigenvalue weighted by molar-refractivity contribution is 14.1. The van der Waals surface area contributed by atoms with Crippen LogP contribution in [0.5, 0.6) is 11.5 Å². The van der Waals surface area contributed by atoms with Crippen molar-refractivity contribution in [2.24, 2.45) is 29.6 Å². The smallest absolute Gasteiger partial charge is 0.416 e. The molecular weight excluding hydrogens is 923 g/mol. The van der Waals surface area contributed by atoms with Crippen molar-refractivity contribution >= 4 is 57.6 Å². The summed E-state index contributed by atoms with van der Waals surface area (Å²) >= 11 is 1.69. The summed E-state index contributed by atoms with van der Waals surface area (Å²) < 4.78 is 171. The topological polar surface area (TPSA) is 104 Å². The third kappa shape index (κ3) is 6.75. The second-order valence-electron chi connectivity index (χ2n) is 14.1. The van der Waals surface area contributed by atoms with Crippen molar-refractivity contribution in [2.75, 3.05) is 16.9 Å². The van der Waals surface area contributed by atoms with E-state index in [1.807, 2.05) is 0 Å². The molecule has 308 valence electrons. The molecule has 3 fully saturated rings. The van der Waals surface area contributed by atoms with Gasteiger partial charge in [0.25, 0.3) is 0 Å². The van der Waals surface area contributed by atoms with Gasteiger partial charge in [0.1, 0.15) is 0 Å². The van der Waals surface area contributed by atoms with E-state index in [2.05, 4.69) is 0 Å².